The maximum absolute atomic E-state index is 12.2. The van der Waals surface area contributed by atoms with Crippen LogP contribution < -0.4 is 5.73 Å². The molecule has 3 N–H and O–H groups in total. The van der Waals surface area contributed by atoms with E-state index in [-0.39, 0.29) is 18.1 Å². The number of methoxy groups -OCH3 is 1. The van der Waals surface area contributed by atoms with Crippen LogP contribution in [0.3, 0.4) is 0 Å². The van der Waals surface area contributed by atoms with Crippen LogP contribution >= 0.6 is 11.8 Å². The van der Waals surface area contributed by atoms with Gasteiger partial charge in [-0.3, -0.25) is 15.4 Å². The van der Waals surface area contributed by atoms with Gasteiger partial charge in [-0.05, 0) is 16.0 Å². The molecule has 1 saturated heterocycles. The standard InChI is InChI=1S/C11H14N6O5S/c1-16-10(13-14-15-16)23-4-5-3-22-9-11(12,21-2)8(20)17(9)6(5)7(18)19/h9H,3-4,12H2,1-2H3,(H,18,19)/t9-,11+/m1/s1. The van der Waals surface area contributed by atoms with Crippen molar-refractivity contribution in [3.63, 3.8) is 0 Å². The number of carboxylic acid groups (broad SMARTS) is 1. The highest BCUT2D eigenvalue weighted by Crippen LogP contribution is 2.39. The number of aromatic nitrogens is 4. The van der Waals surface area contributed by atoms with E-state index in [2.05, 4.69) is 15.5 Å². The lowest BCUT2D eigenvalue weighted by Crippen LogP contribution is -2.80. The zero-order chi connectivity index (χ0) is 16.8. The molecule has 11 nitrogen and oxygen atoms in total. The van der Waals surface area contributed by atoms with Crippen molar-refractivity contribution in [1.29, 1.82) is 0 Å². The molecular formula is C11H14N6O5S. The van der Waals surface area contributed by atoms with E-state index in [1.165, 1.54) is 23.6 Å². The Morgan fingerprint density at radius 3 is 2.96 bits per heavy atom. The third-order valence-electron chi connectivity index (χ3n) is 3.64. The minimum atomic E-state index is -1.65. The van der Waals surface area contributed by atoms with Crippen LogP contribution in [0.5, 0.6) is 0 Å². The highest BCUT2D eigenvalue weighted by atomic mass is 32.2. The predicted octanol–water partition coefficient (Wildman–Crippen LogP) is -1.86. The predicted molar refractivity (Wildman–Crippen MR) is 74.7 cm³/mol. The number of ether oxygens (including phenoxy) is 2. The van der Waals surface area contributed by atoms with E-state index >= 15 is 0 Å². The molecule has 0 radical (unpaired) electrons. The van der Waals surface area contributed by atoms with E-state index in [1.54, 1.807) is 7.05 Å². The van der Waals surface area contributed by atoms with Gasteiger partial charge in [0.15, 0.2) is 6.23 Å². The minimum Gasteiger partial charge on any atom is -0.477 e. The molecule has 1 amide bonds. The molecule has 23 heavy (non-hydrogen) atoms. The van der Waals surface area contributed by atoms with Gasteiger partial charge >= 0.3 is 5.97 Å². The largest absolute Gasteiger partial charge is 0.477 e. The number of fused-ring (bicyclic) bond motifs is 1. The van der Waals surface area contributed by atoms with Crippen molar-refractivity contribution < 1.29 is 24.2 Å². The highest BCUT2D eigenvalue weighted by Gasteiger charge is 2.64. The summed E-state index contributed by atoms with van der Waals surface area (Å²) in [7, 11) is 2.94. The summed E-state index contributed by atoms with van der Waals surface area (Å²) in [5.41, 5.74) is 4.45. The van der Waals surface area contributed by atoms with Crippen LogP contribution in [0.4, 0.5) is 0 Å². The Bertz CT molecular complexity index is 705. The molecule has 12 heteroatoms. The van der Waals surface area contributed by atoms with Gasteiger partial charge in [-0.1, -0.05) is 11.8 Å². The summed E-state index contributed by atoms with van der Waals surface area (Å²) in [5.74, 6) is -1.61. The Balaban J connectivity index is 1.85. The number of rotatable bonds is 5. The van der Waals surface area contributed by atoms with Crippen LogP contribution in [0, 0.1) is 0 Å². The third-order valence-corrected chi connectivity index (χ3v) is 4.74. The van der Waals surface area contributed by atoms with Gasteiger partial charge in [0.1, 0.15) is 5.70 Å². The molecule has 0 spiro atoms. The topological polar surface area (TPSA) is 146 Å². The molecule has 2 atom stereocenters. The molecule has 2 aliphatic heterocycles. The van der Waals surface area contributed by atoms with Crippen LogP contribution in [0.1, 0.15) is 0 Å². The van der Waals surface area contributed by atoms with E-state index < -0.39 is 23.8 Å². The SMILES string of the molecule is CO[C@@]1(N)C(=O)N2C(C(=O)O)=C(CSc3nnnn3C)CO[C@@H]21. The number of nitrogens with zero attached hydrogens (tertiary/aromatic N) is 5. The Hall–Kier alpha value is -2.02. The molecule has 2 aliphatic rings. The Labute approximate surface area is 134 Å². The molecule has 0 bridgehead atoms. The molecule has 3 heterocycles. The summed E-state index contributed by atoms with van der Waals surface area (Å²) in [4.78, 5) is 24.7. The molecule has 124 valence electrons. The summed E-state index contributed by atoms with van der Waals surface area (Å²) in [6, 6.07) is 0. The van der Waals surface area contributed by atoms with Gasteiger partial charge in [-0.2, -0.15) is 0 Å². The first-order valence-electron chi connectivity index (χ1n) is 6.50. The second kappa shape index (κ2) is 5.56. The summed E-state index contributed by atoms with van der Waals surface area (Å²) in [5, 5.41) is 21.0. The lowest BCUT2D eigenvalue weighted by molar-refractivity contribution is -0.248. The first-order valence-corrected chi connectivity index (χ1v) is 7.48. The number of aryl methyl sites for hydroxylation is 1. The van der Waals surface area contributed by atoms with Crippen LogP contribution in [0.15, 0.2) is 16.4 Å². The van der Waals surface area contributed by atoms with E-state index in [0.717, 1.165) is 4.90 Å². The molecule has 1 aromatic heterocycles. The van der Waals surface area contributed by atoms with E-state index in [1.807, 2.05) is 0 Å². The van der Waals surface area contributed by atoms with Crippen LogP contribution in [-0.2, 0) is 26.1 Å². The summed E-state index contributed by atoms with van der Waals surface area (Å²) in [6.07, 6.45) is -0.948. The fourth-order valence-electron chi connectivity index (χ4n) is 2.41. The monoisotopic (exact) mass is 342 g/mol. The van der Waals surface area contributed by atoms with Crippen molar-refractivity contribution in [1.82, 2.24) is 25.1 Å². The zero-order valence-electron chi connectivity index (χ0n) is 12.3. The molecule has 0 aromatic carbocycles. The minimum absolute atomic E-state index is 0.0245. The number of carboxylic acids is 1. The van der Waals surface area contributed by atoms with Gasteiger partial charge in [0.05, 0.1) is 6.61 Å². The first kappa shape index (κ1) is 15.9. The maximum atomic E-state index is 12.2. The summed E-state index contributed by atoms with van der Waals surface area (Å²) < 4.78 is 11.9. The smallest absolute Gasteiger partial charge is 0.352 e. The van der Waals surface area contributed by atoms with E-state index in [9.17, 15) is 14.7 Å². The van der Waals surface area contributed by atoms with Crippen LogP contribution in [0.25, 0.3) is 0 Å². The average Bonchev–Trinajstić information content (AvgIpc) is 2.95. The Morgan fingerprint density at radius 2 is 2.39 bits per heavy atom. The molecule has 0 unspecified atom stereocenters. The summed E-state index contributed by atoms with van der Waals surface area (Å²) in [6.45, 7) is 0.0245. The quantitative estimate of drug-likeness (QED) is 0.355. The van der Waals surface area contributed by atoms with E-state index in [4.69, 9.17) is 15.2 Å². The Morgan fingerprint density at radius 1 is 1.65 bits per heavy atom. The van der Waals surface area contributed by atoms with Crippen molar-refractivity contribution in [2.24, 2.45) is 12.8 Å². The average molecular weight is 342 g/mol. The van der Waals surface area contributed by atoms with Crippen molar-refractivity contribution >= 4 is 23.6 Å². The van der Waals surface area contributed by atoms with Crippen molar-refractivity contribution in [3.05, 3.63) is 11.3 Å². The lowest BCUT2D eigenvalue weighted by Gasteiger charge is -2.53. The second-order valence-corrected chi connectivity index (χ2v) is 5.91. The molecule has 0 aliphatic carbocycles. The van der Waals surface area contributed by atoms with Gasteiger partial charge in [0.2, 0.25) is 10.9 Å². The normalized spacial score (nSPS) is 27.0. The van der Waals surface area contributed by atoms with Gasteiger partial charge in [-0.15, -0.1) is 5.10 Å². The van der Waals surface area contributed by atoms with Crippen molar-refractivity contribution in [2.45, 2.75) is 17.1 Å². The lowest BCUT2D eigenvalue weighted by atomic mass is 9.96. The van der Waals surface area contributed by atoms with Gasteiger partial charge in [-0.25, -0.2) is 9.48 Å². The van der Waals surface area contributed by atoms with Crippen molar-refractivity contribution in [3.8, 4) is 0 Å². The van der Waals surface area contributed by atoms with Crippen LogP contribution in [-0.4, -0.2) is 73.5 Å². The summed E-state index contributed by atoms with van der Waals surface area (Å²) >= 11 is 1.24. The fourth-order valence-corrected chi connectivity index (χ4v) is 3.25. The highest BCUT2D eigenvalue weighted by molar-refractivity contribution is 7.99. The number of amides is 1. The number of tetrazole rings is 1. The molecule has 1 aromatic rings. The number of β-lactam (4-membered cyclic amide) rings is 1. The number of carbonyl (C=O) groups is 2. The third kappa shape index (κ3) is 2.30. The maximum Gasteiger partial charge on any atom is 0.352 e. The number of hydrogen-bond acceptors (Lipinski definition) is 9. The first-order chi connectivity index (χ1) is 10.9. The Kier molecular flexibility index (Phi) is 3.83. The molecule has 0 saturated carbocycles. The molecule has 1 fully saturated rings. The van der Waals surface area contributed by atoms with Crippen LogP contribution in [0.2, 0.25) is 0 Å². The number of nitrogens with two attached hydrogens (primary N) is 1. The number of carbonyl (C=O) groups excluding carboxylic acids is 1. The molecular weight excluding hydrogens is 328 g/mol. The fraction of sp³-hybridized carbons (Fsp3) is 0.545. The zero-order valence-corrected chi connectivity index (χ0v) is 13.1. The van der Waals surface area contributed by atoms with Crippen molar-refractivity contribution in [2.75, 3.05) is 19.5 Å². The molecule has 3 rings (SSSR count). The second-order valence-electron chi connectivity index (χ2n) is 4.97. The van der Waals surface area contributed by atoms with Gasteiger partial charge in [0.25, 0.3) is 5.91 Å². The number of aliphatic carboxylic acids is 1. The number of thioether (sulfide) groups is 1. The number of hydrogen-bond donors (Lipinski definition) is 2. The van der Waals surface area contributed by atoms with Gasteiger partial charge < -0.3 is 14.6 Å². The van der Waals surface area contributed by atoms with Gasteiger partial charge in [0, 0.05) is 19.9 Å². The van der Waals surface area contributed by atoms with E-state index in [0.29, 0.717) is 10.7 Å².